The fraction of sp³-hybridized carbons (Fsp3) is 0.348. The molecule has 0 fully saturated rings. The number of benzene rings is 1. The molecule has 0 spiro atoms. The number of amides is 1. The Labute approximate surface area is 212 Å². The van der Waals surface area contributed by atoms with E-state index in [0.29, 0.717) is 0 Å². The molecule has 196 valence electrons. The quantitative estimate of drug-likeness (QED) is 0.386. The largest absolute Gasteiger partial charge is 0.487 e. The lowest BCUT2D eigenvalue weighted by Gasteiger charge is -2.11. The van der Waals surface area contributed by atoms with E-state index in [2.05, 4.69) is 10.3 Å². The van der Waals surface area contributed by atoms with Crippen molar-refractivity contribution in [2.45, 2.75) is 20.4 Å². The molecule has 0 bridgehead atoms. The van der Waals surface area contributed by atoms with Gasteiger partial charge in [-0.25, -0.2) is 23.4 Å². The van der Waals surface area contributed by atoms with Gasteiger partial charge in [0.25, 0.3) is 5.56 Å². The number of aromatic nitrogens is 5. The van der Waals surface area contributed by atoms with Crippen LogP contribution in [0.3, 0.4) is 0 Å². The first kappa shape index (κ1) is 26.0. The number of thiazole rings is 1. The van der Waals surface area contributed by atoms with Gasteiger partial charge in [-0.2, -0.15) is 0 Å². The Morgan fingerprint density at radius 3 is 2.30 bits per heavy atom. The predicted octanol–water partition coefficient (Wildman–Crippen LogP) is 1.81. The summed E-state index contributed by atoms with van der Waals surface area (Å²) >= 11 is 1.01. The van der Waals surface area contributed by atoms with Crippen molar-refractivity contribution >= 4 is 33.5 Å². The van der Waals surface area contributed by atoms with Gasteiger partial charge in [-0.05, 0) is 18.1 Å². The van der Waals surface area contributed by atoms with Crippen LogP contribution in [0.25, 0.3) is 22.4 Å². The molecule has 0 saturated heterocycles. The number of nitrogens with zero attached hydrogens (tertiary/aromatic N) is 5. The van der Waals surface area contributed by atoms with E-state index in [-0.39, 0.29) is 40.1 Å². The molecular weight excluding hydrogens is 510 g/mol. The number of rotatable bonds is 7. The van der Waals surface area contributed by atoms with Gasteiger partial charge in [0.15, 0.2) is 33.7 Å². The Bertz CT molecular complexity index is 1690. The summed E-state index contributed by atoms with van der Waals surface area (Å²) in [7, 11) is 4.08. The molecule has 1 N–H and O–H groups in total. The Hall–Kier alpha value is -4.07. The molecule has 0 aliphatic heterocycles. The zero-order valence-corrected chi connectivity index (χ0v) is 21.5. The molecule has 0 atom stereocenters. The molecule has 4 rings (SSSR count). The van der Waals surface area contributed by atoms with Gasteiger partial charge >= 0.3 is 11.4 Å². The third-order valence-electron chi connectivity index (χ3n) is 5.62. The molecule has 37 heavy (non-hydrogen) atoms. The van der Waals surface area contributed by atoms with Crippen LogP contribution in [-0.2, 0) is 32.5 Å². The minimum atomic E-state index is -0.874. The number of ether oxygens (including phenoxy) is 1. The van der Waals surface area contributed by atoms with Crippen molar-refractivity contribution in [3.05, 3.63) is 60.5 Å². The van der Waals surface area contributed by atoms with Gasteiger partial charge in [0, 0.05) is 32.1 Å². The average molecular weight is 535 g/mol. The summed E-state index contributed by atoms with van der Waals surface area (Å²) in [5.41, 5.74) is -1.64. The fourth-order valence-electron chi connectivity index (χ4n) is 3.81. The fourth-order valence-corrected chi connectivity index (χ4v) is 4.55. The second-order valence-electron chi connectivity index (χ2n) is 8.87. The van der Waals surface area contributed by atoms with Gasteiger partial charge in [0.05, 0.1) is 12.3 Å². The number of hydrogen-bond acceptors (Lipinski definition) is 7. The van der Waals surface area contributed by atoms with Crippen molar-refractivity contribution < 1.29 is 18.3 Å². The van der Waals surface area contributed by atoms with E-state index in [1.165, 1.54) is 26.5 Å². The number of nitrogens with one attached hydrogen (secondary N) is 1. The van der Waals surface area contributed by atoms with Gasteiger partial charge in [-0.15, -0.1) is 11.3 Å². The Kier molecular flexibility index (Phi) is 6.86. The van der Waals surface area contributed by atoms with Crippen molar-refractivity contribution in [2.24, 2.45) is 27.1 Å². The highest BCUT2D eigenvalue weighted by atomic mass is 32.1. The number of carbonyl (C=O) groups excluding carboxylic acids is 1. The highest BCUT2D eigenvalue weighted by Crippen LogP contribution is 2.31. The summed E-state index contributed by atoms with van der Waals surface area (Å²) < 4.78 is 38.2. The molecule has 14 heteroatoms. The van der Waals surface area contributed by atoms with Crippen molar-refractivity contribution in [3.8, 4) is 17.0 Å². The lowest BCUT2D eigenvalue weighted by atomic mass is 10.1. The maximum absolute atomic E-state index is 14.4. The first-order valence-corrected chi connectivity index (χ1v) is 12.0. The third kappa shape index (κ3) is 4.71. The van der Waals surface area contributed by atoms with Crippen LogP contribution in [-0.4, -0.2) is 35.8 Å². The number of imidazole rings is 1. The van der Waals surface area contributed by atoms with Crippen LogP contribution in [0.5, 0.6) is 5.75 Å². The normalized spacial score (nSPS) is 11.5. The van der Waals surface area contributed by atoms with Crippen LogP contribution in [0.2, 0.25) is 0 Å². The van der Waals surface area contributed by atoms with Gasteiger partial charge in [-0.1, -0.05) is 13.8 Å². The summed E-state index contributed by atoms with van der Waals surface area (Å²) in [5, 5.41) is 4.15. The first-order valence-electron chi connectivity index (χ1n) is 11.1. The molecule has 1 amide bonds. The molecular formula is C23H24F2N6O5S. The Balaban J connectivity index is 1.58. The van der Waals surface area contributed by atoms with Gasteiger partial charge in [0.2, 0.25) is 5.91 Å². The number of halogens is 2. The molecule has 0 aliphatic rings. The second kappa shape index (κ2) is 9.76. The molecule has 0 unspecified atom stereocenters. The maximum Gasteiger partial charge on any atom is 0.332 e. The molecule has 3 aromatic heterocycles. The lowest BCUT2D eigenvalue weighted by molar-refractivity contribution is -0.116. The van der Waals surface area contributed by atoms with E-state index in [0.717, 1.165) is 41.7 Å². The third-order valence-corrected chi connectivity index (χ3v) is 6.38. The molecule has 11 nitrogen and oxygen atoms in total. The summed E-state index contributed by atoms with van der Waals surface area (Å²) in [5.74, 6) is -2.80. The molecule has 3 heterocycles. The monoisotopic (exact) mass is 534 g/mol. The zero-order valence-electron chi connectivity index (χ0n) is 20.7. The summed E-state index contributed by atoms with van der Waals surface area (Å²) in [4.78, 5) is 54.6. The standard InChI is InChI=1S/C23H24F2N6O5S/c1-11(2)9-36-18-13(24)6-12(7-14(18)25)15-10-37-21(26-15)27-16(32)8-31-17-19(29(4)23(31)35)28(3)22(34)30(5)20(17)33/h6-7,10-11H,8-9H2,1-5H3,(H,26,27,32). The second-order valence-corrected chi connectivity index (χ2v) is 9.72. The smallest absolute Gasteiger partial charge is 0.332 e. The summed E-state index contributed by atoms with van der Waals surface area (Å²) in [6.07, 6.45) is 0. The SMILES string of the molecule is CC(C)COc1c(F)cc(-c2csc(NC(=O)Cn3c(=O)n(C)c4c3c(=O)n(C)c(=O)n4C)n2)cc1F. The lowest BCUT2D eigenvalue weighted by Crippen LogP contribution is -2.38. The van der Waals surface area contributed by atoms with Crippen LogP contribution >= 0.6 is 11.3 Å². The van der Waals surface area contributed by atoms with Crippen molar-refractivity contribution in [1.29, 1.82) is 0 Å². The van der Waals surface area contributed by atoms with Crippen LogP contribution in [0, 0.1) is 17.6 Å². The Morgan fingerprint density at radius 1 is 1.05 bits per heavy atom. The molecule has 1 aromatic carbocycles. The topological polar surface area (TPSA) is 122 Å². The number of hydrogen-bond donors (Lipinski definition) is 1. The average Bonchev–Trinajstić information content (AvgIpc) is 3.39. The number of anilines is 1. The first-order chi connectivity index (χ1) is 17.4. The molecule has 0 saturated carbocycles. The summed E-state index contributed by atoms with van der Waals surface area (Å²) in [6.45, 7) is 3.34. The van der Waals surface area contributed by atoms with Crippen molar-refractivity contribution in [2.75, 3.05) is 11.9 Å². The maximum atomic E-state index is 14.4. The van der Waals surface area contributed by atoms with Gasteiger partial charge in [0.1, 0.15) is 6.54 Å². The van der Waals surface area contributed by atoms with E-state index >= 15 is 0 Å². The van der Waals surface area contributed by atoms with E-state index in [4.69, 9.17) is 4.74 Å². The Morgan fingerprint density at radius 2 is 1.68 bits per heavy atom. The van der Waals surface area contributed by atoms with Gasteiger partial charge < -0.3 is 10.1 Å². The minimum Gasteiger partial charge on any atom is -0.487 e. The van der Waals surface area contributed by atoms with Crippen LogP contribution < -0.4 is 27.0 Å². The van der Waals surface area contributed by atoms with E-state index in [1.54, 1.807) is 0 Å². The van der Waals surface area contributed by atoms with Crippen LogP contribution in [0.1, 0.15) is 13.8 Å². The van der Waals surface area contributed by atoms with E-state index in [1.807, 2.05) is 13.8 Å². The number of aryl methyl sites for hydroxylation is 2. The van der Waals surface area contributed by atoms with Gasteiger partial charge in [-0.3, -0.25) is 27.9 Å². The van der Waals surface area contributed by atoms with Crippen molar-refractivity contribution in [1.82, 2.24) is 23.3 Å². The van der Waals surface area contributed by atoms with Crippen LogP contribution in [0.4, 0.5) is 13.9 Å². The zero-order chi connectivity index (χ0) is 27.2. The highest BCUT2D eigenvalue weighted by Gasteiger charge is 2.22. The van der Waals surface area contributed by atoms with E-state index in [9.17, 15) is 28.0 Å². The van der Waals surface area contributed by atoms with Crippen LogP contribution in [0.15, 0.2) is 31.9 Å². The number of carbonyl (C=O) groups is 1. The van der Waals surface area contributed by atoms with Crippen molar-refractivity contribution in [3.63, 3.8) is 0 Å². The predicted molar refractivity (Wildman–Crippen MR) is 134 cm³/mol. The molecule has 4 aromatic rings. The summed E-state index contributed by atoms with van der Waals surface area (Å²) in [6, 6.07) is 2.18. The van der Waals surface area contributed by atoms with E-state index < -0.39 is 46.8 Å². The number of fused-ring (bicyclic) bond motifs is 1. The molecule has 0 radical (unpaired) electrons. The minimum absolute atomic E-state index is 0.0762. The highest BCUT2D eigenvalue weighted by molar-refractivity contribution is 7.14. The molecule has 0 aliphatic carbocycles.